The lowest BCUT2D eigenvalue weighted by Gasteiger charge is -2.50. The van der Waals surface area contributed by atoms with E-state index in [1.165, 1.54) is 32.4 Å². The molecule has 2 aliphatic rings. The van der Waals surface area contributed by atoms with Crippen LogP contribution >= 0.6 is 0 Å². The topological polar surface area (TPSA) is 53.6 Å². The lowest BCUT2D eigenvalue weighted by molar-refractivity contribution is 0.0239. The fraction of sp³-hybridized carbons (Fsp3) is 0.950. The molecule has 0 radical (unpaired) electrons. The summed E-state index contributed by atoms with van der Waals surface area (Å²) >= 11 is 0. The first-order chi connectivity index (χ1) is 11.7. The minimum Gasteiger partial charge on any atom is -0.444 e. The molecule has 2 N–H and O–H groups in total. The van der Waals surface area contributed by atoms with Crippen LogP contribution in [-0.4, -0.2) is 54.4 Å². The number of fused-ring (bicyclic) bond motifs is 2. The van der Waals surface area contributed by atoms with Gasteiger partial charge in [0.2, 0.25) is 0 Å². The average Bonchev–Trinajstić information content (AvgIpc) is 2.48. The van der Waals surface area contributed by atoms with E-state index < -0.39 is 5.60 Å². The van der Waals surface area contributed by atoms with Gasteiger partial charge in [0.1, 0.15) is 5.60 Å². The van der Waals surface area contributed by atoms with E-state index in [4.69, 9.17) is 4.74 Å². The fourth-order valence-electron chi connectivity index (χ4n) is 4.28. The Morgan fingerprint density at radius 3 is 2.28 bits per heavy atom. The molecule has 2 fully saturated rings. The van der Waals surface area contributed by atoms with Gasteiger partial charge in [0.05, 0.1) is 0 Å². The highest BCUT2D eigenvalue weighted by molar-refractivity contribution is 5.67. The predicted molar refractivity (Wildman–Crippen MR) is 103 cm³/mol. The van der Waals surface area contributed by atoms with Crippen LogP contribution in [0, 0.1) is 11.8 Å². The molecule has 1 aliphatic carbocycles. The van der Waals surface area contributed by atoms with Gasteiger partial charge in [0.25, 0.3) is 0 Å². The zero-order chi connectivity index (χ0) is 18.6. The average molecular weight is 354 g/mol. The predicted octanol–water partition coefficient (Wildman–Crippen LogP) is 3.39. The van der Waals surface area contributed by atoms with Crippen molar-refractivity contribution < 1.29 is 9.53 Å². The quantitative estimate of drug-likeness (QED) is 0.768. The molecule has 1 saturated carbocycles. The van der Waals surface area contributed by atoms with E-state index in [0.29, 0.717) is 24.7 Å². The number of carbonyl (C=O) groups is 1. The fourth-order valence-corrected chi connectivity index (χ4v) is 4.28. The summed E-state index contributed by atoms with van der Waals surface area (Å²) < 4.78 is 5.35. The summed E-state index contributed by atoms with van der Waals surface area (Å²) in [5.41, 5.74) is -0.445. The van der Waals surface area contributed by atoms with Crippen molar-refractivity contribution in [3.05, 3.63) is 0 Å². The molecule has 146 valence electrons. The lowest BCUT2D eigenvalue weighted by atomic mass is 9.73. The summed E-state index contributed by atoms with van der Waals surface area (Å²) in [6.45, 7) is 15.5. The summed E-state index contributed by atoms with van der Waals surface area (Å²) in [5, 5.41) is 6.83. The first-order valence-corrected chi connectivity index (χ1v) is 10.2. The van der Waals surface area contributed by atoms with Crippen molar-refractivity contribution in [1.29, 1.82) is 0 Å². The largest absolute Gasteiger partial charge is 0.444 e. The number of ether oxygens (including phenoxy) is 1. The minimum atomic E-state index is -0.445. The summed E-state index contributed by atoms with van der Waals surface area (Å²) in [5.74, 6) is 1.48. The SMILES string of the molecule is CCC(CNC(=O)OC(C)(C)C)NC1C2CCCC1CN(C(C)C)C2. The Hall–Kier alpha value is -0.810. The third-order valence-corrected chi connectivity index (χ3v) is 5.65. The number of carbonyl (C=O) groups excluding carboxylic acids is 1. The van der Waals surface area contributed by atoms with E-state index >= 15 is 0 Å². The van der Waals surface area contributed by atoms with Crippen molar-refractivity contribution in [1.82, 2.24) is 15.5 Å². The molecule has 1 saturated heterocycles. The van der Waals surface area contributed by atoms with Crippen LogP contribution in [0.4, 0.5) is 4.79 Å². The first kappa shape index (κ1) is 20.5. The van der Waals surface area contributed by atoms with Crippen molar-refractivity contribution in [3.63, 3.8) is 0 Å². The van der Waals surface area contributed by atoms with E-state index in [1.807, 2.05) is 20.8 Å². The second-order valence-corrected chi connectivity index (χ2v) is 9.18. The Balaban J connectivity index is 1.87. The molecular formula is C20H39N3O2. The van der Waals surface area contributed by atoms with Crippen molar-refractivity contribution in [2.45, 2.75) is 91.0 Å². The molecule has 5 nitrogen and oxygen atoms in total. The third kappa shape index (κ3) is 6.14. The lowest BCUT2D eigenvalue weighted by Crippen LogP contribution is -2.61. The van der Waals surface area contributed by atoms with Crippen molar-refractivity contribution in [2.24, 2.45) is 11.8 Å². The van der Waals surface area contributed by atoms with Crippen LogP contribution in [0.2, 0.25) is 0 Å². The number of likely N-dealkylation sites (tertiary alicyclic amines) is 1. The Bertz CT molecular complexity index is 419. The molecule has 2 rings (SSSR count). The molecule has 2 bridgehead atoms. The number of amides is 1. The first-order valence-electron chi connectivity index (χ1n) is 10.2. The molecule has 0 spiro atoms. The van der Waals surface area contributed by atoms with Gasteiger partial charge in [-0.2, -0.15) is 0 Å². The number of nitrogens with one attached hydrogen (secondary N) is 2. The van der Waals surface area contributed by atoms with Gasteiger partial charge in [0.15, 0.2) is 0 Å². The summed E-state index contributed by atoms with van der Waals surface area (Å²) in [7, 11) is 0. The Morgan fingerprint density at radius 2 is 1.80 bits per heavy atom. The monoisotopic (exact) mass is 353 g/mol. The number of hydrogen-bond acceptors (Lipinski definition) is 4. The van der Waals surface area contributed by atoms with Gasteiger partial charge in [-0.25, -0.2) is 4.79 Å². The third-order valence-electron chi connectivity index (χ3n) is 5.65. The number of alkyl carbamates (subject to hydrolysis) is 1. The summed E-state index contributed by atoms with van der Waals surface area (Å²) in [6, 6.07) is 1.54. The standard InChI is InChI=1S/C20H39N3O2/c1-7-17(11-21-19(24)25-20(4,5)6)22-18-15-9-8-10-16(18)13-23(12-15)14(2)3/h14-18,22H,7-13H2,1-6H3,(H,21,24). The van der Waals surface area contributed by atoms with Crippen LogP contribution in [-0.2, 0) is 4.74 Å². The number of nitrogens with zero attached hydrogens (tertiary/aromatic N) is 1. The maximum absolute atomic E-state index is 11.9. The van der Waals surface area contributed by atoms with Gasteiger partial charge >= 0.3 is 6.09 Å². The number of hydrogen-bond donors (Lipinski definition) is 2. The maximum Gasteiger partial charge on any atom is 0.407 e. The van der Waals surface area contributed by atoms with Crippen LogP contribution in [0.25, 0.3) is 0 Å². The van der Waals surface area contributed by atoms with Crippen LogP contribution in [0.3, 0.4) is 0 Å². The second-order valence-electron chi connectivity index (χ2n) is 9.18. The molecule has 5 heteroatoms. The molecular weight excluding hydrogens is 314 g/mol. The molecule has 3 atom stereocenters. The minimum absolute atomic E-state index is 0.311. The number of piperidine rings is 1. The van der Waals surface area contributed by atoms with E-state index in [-0.39, 0.29) is 6.09 Å². The molecule has 1 heterocycles. The van der Waals surface area contributed by atoms with Crippen LogP contribution in [0.15, 0.2) is 0 Å². The van der Waals surface area contributed by atoms with Gasteiger partial charge in [-0.1, -0.05) is 13.3 Å². The number of rotatable bonds is 6. The van der Waals surface area contributed by atoms with Gasteiger partial charge in [-0.15, -0.1) is 0 Å². The Morgan fingerprint density at radius 1 is 1.20 bits per heavy atom. The van der Waals surface area contributed by atoms with Crippen LogP contribution in [0.5, 0.6) is 0 Å². The highest BCUT2D eigenvalue weighted by atomic mass is 16.6. The molecule has 0 aromatic heterocycles. The zero-order valence-electron chi connectivity index (χ0n) is 17.1. The van der Waals surface area contributed by atoms with E-state index in [1.54, 1.807) is 0 Å². The van der Waals surface area contributed by atoms with E-state index in [2.05, 4.69) is 36.3 Å². The molecule has 25 heavy (non-hydrogen) atoms. The van der Waals surface area contributed by atoms with Gasteiger partial charge < -0.3 is 20.3 Å². The summed E-state index contributed by atoms with van der Waals surface area (Å²) in [6.07, 6.45) is 4.72. The van der Waals surface area contributed by atoms with Gasteiger partial charge in [-0.05, 0) is 65.7 Å². The van der Waals surface area contributed by atoms with Gasteiger partial charge in [0, 0.05) is 37.8 Å². The Kier molecular flexibility index (Phi) is 7.15. The molecule has 1 aliphatic heterocycles. The normalized spacial score (nSPS) is 28.7. The molecule has 0 aromatic carbocycles. The van der Waals surface area contributed by atoms with Crippen molar-refractivity contribution >= 4 is 6.09 Å². The zero-order valence-corrected chi connectivity index (χ0v) is 17.1. The van der Waals surface area contributed by atoms with Crippen LogP contribution < -0.4 is 10.6 Å². The molecule has 3 unspecified atom stereocenters. The summed E-state index contributed by atoms with van der Waals surface area (Å²) in [4.78, 5) is 14.6. The molecule has 0 aromatic rings. The van der Waals surface area contributed by atoms with Crippen LogP contribution in [0.1, 0.15) is 67.2 Å². The highest BCUT2D eigenvalue weighted by Crippen LogP contribution is 2.36. The second kappa shape index (κ2) is 8.72. The maximum atomic E-state index is 11.9. The highest BCUT2D eigenvalue weighted by Gasteiger charge is 2.40. The molecule has 1 amide bonds. The van der Waals surface area contributed by atoms with Gasteiger partial charge in [-0.3, -0.25) is 0 Å². The van der Waals surface area contributed by atoms with E-state index in [9.17, 15) is 4.79 Å². The van der Waals surface area contributed by atoms with Crippen molar-refractivity contribution in [2.75, 3.05) is 19.6 Å². The van der Waals surface area contributed by atoms with Crippen molar-refractivity contribution in [3.8, 4) is 0 Å². The Labute approximate surface area is 154 Å². The van der Waals surface area contributed by atoms with E-state index in [0.717, 1.165) is 18.3 Å². The smallest absolute Gasteiger partial charge is 0.407 e.